The number of likely N-dealkylation sites (N-methyl/N-ethyl adjacent to an activating group) is 1. The molecular formula is C17H27F2NO. The Hall–Kier alpha value is -1.00. The molecule has 1 rings (SSSR count). The number of halogens is 2. The number of aliphatic hydroxyl groups excluding tert-OH is 1. The molecule has 0 heterocycles. The van der Waals surface area contributed by atoms with Gasteiger partial charge in [-0.15, -0.1) is 0 Å². The topological polar surface area (TPSA) is 23.5 Å². The molecule has 0 bridgehead atoms. The summed E-state index contributed by atoms with van der Waals surface area (Å²) in [6.45, 7) is 9.72. The monoisotopic (exact) mass is 299 g/mol. The molecular weight excluding hydrogens is 272 g/mol. The average molecular weight is 299 g/mol. The highest BCUT2D eigenvalue weighted by molar-refractivity contribution is 5.21. The Kier molecular flexibility index (Phi) is 6.75. The molecule has 2 nitrogen and oxygen atoms in total. The van der Waals surface area contributed by atoms with Crippen molar-refractivity contribution < 1.29 is 13.9 Å². The molecule has 0 aromatic heterocycles. The molecule has 0 aliphatic carbocycles. The molecule has 0 aliphatic heterocycles. The number of benzene rings is 1. The molecule has 1 aromatic carbocycles. The molecule has 0 amide bonds. The molecule has 0 saturated carbocycles. The van der Waals surface area contributed by atoms with E-state index in [1.54, 1.807) is 0 Å². The number of nitrogens with zero attached hydrogens (tertiary/aromatic N) is 1. The Morgan fingerprint density at radius 3 is 1.90 bits per heavy atom. The fourth-order valence-corrected chi connectivity index (χ4v) is 3.34. The summed E-state index contributed by atoms with van der Waals surface area (Å²) in [5.74, 6) is -1.18. The van der Waals surface area contributed by atoms with Crippen molar-refractivity contribution in [2.24, 2.45) is 0 Å². The summed E-state index contributed by atoms with van der Waals surface area (Å²) in [5.41, 5.74) is -0.471. The maximum atomic E-state index is 13.8. The van der Waals surface area contributed by atoms with Crippen LogP contribution >= 0.6 is 0 Å². The average Bonchev–Trinajstić information content (AvgIpc) is 2.48. The van der Waals surface area contributed by atoms with Crippen LogP contribution in [0.15, 0.2) is 18.2 Å². The number of hydrogen-bond acceptors (Lipinski definition) is 2. The summed E-state index contributed by atoms with van der Waals surface area (Å²) >= 11 is 0. The van der Waals surface area contributed by atoms with Crippen LogP contribution in [0, 0.1) is 11.6 Å². The lowest BCUT2D eigenvalue weighted by Crippen LogP contribution is -2.56. The van der Waals surface area contributed by atoms with Gasteiger partial charge in [0.25, 0.3) is 0 Å². The van der Waals surface area contributed by atoms with Gasteiger partial charge in [-0.25, -0.2) is 8.78 Å². The van der Waals surface area contributed by atoms with Crippen LogP contribution in [0.3, 0.4) is 0 Å². The molecule has 1 aromatic rings. The lowest BCUT2D eigenvalue weighted by molar-refractivity contribution is -0.0347. The van der Waals surface area contributed by atoms with Crippen molar-refractivity contribution in [1.82, 2.24) is 4.90 Å². The third-order valence-corrected chi connectivity index (χ3v) is 4.70. The fraction of sp³-hybridized carbons (Fsp3) is 0.647. The zero-order chi connectivity index (χ0) is 16.0. The maximum Gasteiger partial charge on any atom is 0.129 e. The first-order valence-corrected chi connectivity index (χ1v) is 7.82. The molecule has 21 heavy (non-hydrogen) atoms. The molecule has 0 radical (unpaired) electrons. The maximum absolute atomic E-state index is 13.8. The van der Waals surface area contributed by atoms with Crippen molar-refractivity contribution in [2.75, 3.05) is 13.1 Å². The normalized spacial score (nSPS) is 13.7. The molecule has 1 N–H and O–H groups in total. The van der Waals surface area contributed by atoms with Crippen LogP contribution < -0.4 is 0 Å². The quantitative estimate of drug-likeness (QED) is 0.790. The highest BCUT2D eigenvalue weighted by atomic mass is 19.1. The third-order valence-electron chi connectivity index (χ3n) is 4.70. The lowest BCUT2D eigenvalue weighted by Gasteiger charge is -2.46. The fourth-order valence-electron chi connectivity index (χ4n) is 3.34. The van der Waals surface area contributed by atoms with Crippen LogP contribution in [0.4, 0.5) is 8.78 Å². The second-order valence-corrected chi connectivity index (χ2v) is 5.40. The van der Waals surface area contributed by atoms with Gasteiger partial charge in [0.2, 0.25) is 0 Å². The van der Waals surface area contributed by atoms with Gasteiger partial charge in [0.1, 0.15) is 11.6 Å². The van der Waals surface area contributed by atoms with Gasteiger partial charge in [-0.1, -0.05) is 33.8 Å². The minimum Gasteiger partial charge on any atom is -0.391 e. The standard InChI is InChI=1S/C17H27F2NO/c1-5-17(6-2,20(7-3)8-4)16(21)12-13-14(18)10-9-11-15(13)19/h9-11,16,21H,5-8,12H2,1-4H3. The summed E-state index contributed by atoms with van der Waals surface area (Å²) in [7, 11) is 0. The van der Waals surface area contributed by atoms with Gasteiger partial charge in [-0.2, -0.15) is 0 Å². The summed E-state index contributed by atoms with van der Waals surface area (Å²) in [6, 6.07) is 3.82. The zero-order valence-corrected chi connectivity index (χ0v) is 13.5. The molecule has 1 unspecified atom stereocenters. The van der Waals surface area contributed by atoms with Gasteiger partial charge in [0, 0.05) is 17.5 Å². The summed E-state index contributed by atoms with van der Waals surface area (Å²) < 4.78 is 27.6. The van der Waals surface area contributed by atoms with E-state index < -0.39 is 23.3 Å². The van der Waals surface area contributed by atoms with E-state index in [1.165, 1.54) is 18.2 Å². The van der Waals surface area contributed by atoms with Crippen molar-refractivity contribution >= 4 is 0 Å². The van der Waals surface area contributed by atoms with Gasteiger partial charge in [0.05, 0.1) is 6.10 Å². The second-order valence-electron chi connectivity index (χ2n) is 5.40. The Bertz CT molecular complexity index is 422. The largest absolute Gasteiger partial charge is 0.391 e. The SMILES string of the molecule is CCN(CC)C(CC)(CC)C(O)Cc1c(F)cccc1F. The molecule has 0 spiro atoms. The first kappa shape index (κ1) is 18.1. The molecule has 1 atom stereocenters. The third kappa shape index (κ3) is 3.61. The summed E-state index contributed by atoms with van der Waals surface area (Å²) in [6.07, 6.45) is 0.667. The smallest absolute Gasteiger partial charge is 0.129 e. The minimum absolute atomic E-state index is 0.00329. The lowest BCUT2D eigenvalue weighted by atomic mass is 9.81. The van der Waals surface area contributed by atoms with Crippen LogP contribution in [0.2, 0.25) is 0 Å². The Morgan fingerprint density at radius 2 is 1.52 bits per heavy atom. The zero-order valence-electron chi connectivity index (χ0n) is 13.5. The number of aliphatic hydroxyl groups is 1. The van der Waals surface area contributed by atoms with Crippen LogP contribution in [0.5, 0.6) is 0 Å². The van der Waals surface area contributed by atoms with Crippen LogP contribution in [-0.4, -0.2) is 34.7 Å². The van der Waals surface area contributed by atoms with Gasteiger partial charge in [-0.3, -0.25) is 4.90 Å². The van der Waals surface area contributed by atoms with E-state index in [2.05, 4.69) is 4.90 Å². The highest BCUT2D eigenvalue weighted by Gasteiger charge is 2.39. The van der Waals surface area contributed by atoms with Gasteiger partial charge < -0.3 is 5.11 Å². The van der Waals surface area contributed by atoms with Crippen molar-refractivity contribution in [2.45, 2.75) is 58.6 Å². The number of hydrogen-bond donors (Lipinski definition) is 1. The second kappa shape index (κ2) is 7.85. The van der Waals surface area contributed by atoms with E-state index >= 15 is 0 Å². The molecule has 0 fully saturated rings. The molecule has 0 aliphatic rings. The molecule has 4 heteroatoms. The van der Waals surface area contributed by atoms with E-state index in [-0.39, 0.29) is 12.0 Å². The minimum atomic E-state index is -0.807. The van der Waals surface area contributed by atoms with Gasteiger partial charge in [-0.05, 0) is 38.1 Å². The summed E-state index contributed by atoms with van der Waals surface area (Å²) in [4.78, 5) is 2.19. The predicted octanol–water partition coefficient (Wildman–Crippen LogP) is 3.77. The van der Waals surface area contributed by atoms with E-state index in [1.807, 2.05) is 27.7 Å². The van der Waals surface area contributed by atoms with Crippen molar-refractivity contribution in [3.8, 4) is 0 Å². The molecule has 120 valence electrons. The van der Waals surface area contributed by atoms with Crippen molar-refractivity contribution in [3.05, 3.63) is 35.4 Å². The van der Waals surface area contributed by atoms with Crippen LogP contribution in [-0.2, 0) is 6.42 Å². The van der Waals surface area contributed by atoms with Crippen molar-refractivity contribution in [3.63, 3.8) is 0 Å². The van der Waals surface area contributed by atoms with Gasteiger partial charge >= 0.3 is 0 Å². The van der Waals surface area contributed by atoms with Crippen LogP contribution in [0.25, 0.3) is 0 Å². The highest BCUT2D eigenvalue weighted by Crippen LogP contribution is 2.31. The Morgan fingerprint density at radius 1 is 1.05 bits per heavy atom. The van der Waals surface area contributed by atoms with Gasteiger partial charge in [0.15, 0.2) is 0 Å². The van der Waals surface area contributed by atoms with E-state index in [4.69, 9.17) is 0 Å². The van der Waals surface area contributed by atoms with E-state index in [0.717, 1.165) is 25.9 Å². The van der Waals surface area contributed by atoms with E-state index in [9.17, 15) is 13.9 Å². The Labute approximate surface area is 126 Å². The van der Waals surface area contributed by atoms with E-state index in [0.29, 0.717) is 0 Å². The summed E-state index contributed by atoms with van der Waals surface area (Å²) in [5, 5.41) is 10.7. The predicted molar refractivity (Wildman–Crippen MR) is 82.3 cm³/mol. The number of rotatable bonds is 8. The van der Waals surface area contributed by atoms with Crippen molar-refractivity contribution in [1.29, 1.82) is 0 Å². The first-order chi connectivity index (χ1) is 9.96. The van der Waals surface area contributed by atoms with Crippen LogP contribution in [0.1, 0.15) is 46.1 Å². The Balaban J connectivity index is 3.10. The molecule has 0 saturated heterocycles. The first-order valence-electron chi connectivity index (χ1n) is 7.82.